The van der Waals surface area contributed by atoms with Crippen molar-refractivity contribution in [3.63, 3.8) is 0 Å². The van der Waals surface area contributed by atoms with Crippen LogP contribution in [0.2, 0.25) is 0 Å². The number of amides is 1. The van der Waals surface area contributed by atoms with Crippen LogP contribution in [0.5, 0.6) is 5.75 Å². The van der Waals surface area contributed by atoms with Gasteiger partial charge in [-0.25, -0.2) is 0 Å². The van der Waals surface area contributed by atoms with Gasteiger partial charge in [0.05, 0.1) is 6.61 Å². The summed E-state index contributed by atoms with van der Waals surface area (Å²) in [5, 5.41) is 3.29. The summed E-state index contributed by atoms with van der Waals surface area (Å²) in [6.07, 6.45) is 7.92. The fraction of sp³-hybridized carbons (Fsp3) is 0.696. The Labute approximate surface area is 164 Å². The van der Waals surface area contributed by atoms with E-state index in [1.165, 1.54) is 35.1 Å². The van der Waals surface area contributed by atoms with E-state index in [4.69, 9.17) is 9.47 Å². The largest absolute Gasteiger partial charge is 0.491 e. The summed E-state index contributed by atoms with van der Waals surface area (Å²) in [5.41, 5.74) is 5.41. The molecule has 1 aromatic rings. The topological polar surface area (TPSA) is 47.6 Å². The Morgan fingerprint density at radius 2 is 1.93 bits per heavy atom. The normalized spacial score (nSPS) is 21.0. The van der Waals surface area contributed by atoms with Gasteiger partial charge in [-0.2, -0.15) is 0 Å². The zero-order valence-corrected chi connectivity index (χ0v) is 17.4. The van der Waals surface area contributed by atoms with Crippen LogP contribution >= 0.6 is 0 Å². The number of fused-ring (bicyclic) bond motifs is 1. The summed E-state index contributed by atoms with van der Waals surface area (Å²) < 4.78 is 11.1. The number of rotatable bonds is 7. The lowest BCUT2D eigenvalue weighted by atomic mass is 9.74. The van der Waals surface area contributed by atoms with Crippen LogP contribution in [-0.2, 0) is 22.4 Å². The predicted molar refractivity (Wildman–Crippen MR) is 108 cm³/mol. The van der Waals surface area contributed by atoms with E-state index in [1.54, 1.807) is 7.11 Å². The first-order valence-electron chi connectivity index (χ1n) is 10.5. The number of ether oxygens (including phenoxy) is 2. The molecule has 0 radical (unpaired) electrons. The van der Waals surface area contributed by atoms with E-state index < -0.39 is 0 Å². The molecule has 0 bridgehead atoms. The van der Waals surface area contributed by atoms with Crippen molar-refractivity contribution in [1.82, 2.24) is 5.32 Å². The van der Waals surface area contributed by atoms with Crippen LogP contribution in [-0.4, -0.2) is 32.3 Å². The second kappa shape index (κ2) is 9.09. The predicted octanol–water partition coefficient (Wildman–Crippen LogP) is 4.13. The molecule has 0 aliphatic heterocycles. The molecule has 3 rings (SSSR count). The van der Waals surface area contributed by atoms with Gasteiger partial charge in [0.25, 0.3) is 0 Å². The quantitative estimate of drug-likeness (QED) is 0.731. The zero-order valence-electron chi connectivity index (χ0n) is 17.4. The third-order valence-electron chi connectivity index (χ3n) is 6.61. The van der Waals surface area contributed by atoms with Gasteiger partial charge < -0.3 is 14.8 Å². The first-order chi connectivity index (χ1) is 13.0. The van der Waals surface area contributed by atoms with Gasteiger partial charge in [-0.3, -0.25) is 4.79 Å². The summed E-state index contributed by atoms with van der Waals surface area (Å²) in [5.74, 6) is 1.69. The third kappa shape index (κ3) is 4.66. The van der Waals surface area contributed by atoms with E-state index in [0.717, 1.165) is 37.9 Å². The Hall–Kier alpha value is -1.55. The molecule has 0 aromatic heterocycles. The number of hydrogen-bond acceptors (Lipinski definition) is 3. The van der Waals surface area contributed by atoms with Gasteiger partial charge in [0.1, 0.15) is 12.4 Å². The number of benzene rings is 1. The fourth-order valence-corrected chi connectivity index (χ4v) is 4.75. The van der Waals surface area contributed by atoms with Crippen LogP contribution in [0.4, 0.5) is 0 Å². The molecule has 4 heteroatoms. The molecule has 2 aliphatic carbocycles. The van der Waals surface area contributed by atoms with Crippen LogP contribution in [0.15, 0.2) is 6.07 Å². The highest BCUT2D eigenvalue weighted by Crippen LogP contribution is 2.37. The van der Waals surface area contributed by atoms with E-state index in [9.17, 15) is 4.79 Å². The number of nitrogens with one attached hydrogen (secondary N) is 1. The summed E-state index contributed by atoms with van der Waals surface area (Å²) in [4.78, 5) is 12.8. The maximum Gasteiger partial charge on any atom is 0.223 e. The first kappa shape index (κ1) is 20.2. The molecule has 1 N–H and O–H groups in total. The minimum atomic E-state index is 0.0662. The highest BCUT2D eigenvalue weighted by Gasteiger charge is 2.31. The second-order valence-electron chi connectivity index (χ2n) is 8.40. The molecule has 1 fully saturated rings. The van der Waals surface area contributed by atoms with Gasteiger partial charge in [0, 0.05) is 19.1 Å². The molecule has 0 heterocycles. The standard InChI is InChI=1S/C23H35NO3/c1-15-13-22(27-12-11-26-4)17(3)21-14-18(9-10-20(15)21)16(2)23(25)24-19-7-5-6-8-19/h13,16,18-19H,5-12,14H2,1-4H3,(H,24,25)/t16-,18+/m0/s1. The van der Waals surface area contributed by atoms with Crippen molar-refractivity contribution in [2.45, 2.75) is 71.8 Å². The molecule has 4 nitrogen and oxygen atoms in total. The van der Waals surface area contributed by atoms with E-state index in [-0.39, 0.29) is 11.8 Å². The first-order valence-corrected chi connectivity index (χ1v) is 10.5. The van der Waals surface area contributed by atoms with Gasteiger partial charge in [-0.05, 0) is 80.2 Å². The summed E-state index contributed by atoms with van der Waals surface area (Å²) in [7, 11) is 1.69. The second-order valence-corrected chi connectivity index (χ2v) is 8.40. The highest BCUT2D eigenvalue weighted by molar-refractivity contribution is 5.79. The van der Waals surface area contributed by atoms with Gasteiger partial charge in [0.15, 0.2) is 0 Å². The molecule has 150 valence electrons. The lowest BCUT2D eigenvalue weighted by Gasteiger charge is -2.32. The summed E-state index contributed by atoms with van der Waals surface area (Å²) >= 11 is 0. The van der Waals surface area contributed by atoms with E-state index in [2.05, 4.69) is 32.2 Å². The maximum absolute atomic E-state index is 12.8. The Morgan fingerprint density at radius 3 is 2.63 bits per heavy atom. The molecule has 2 aliphatic rings. The Bertz CT molecular complexity index is 664. The lowest BCUT2D eigenvalue weighted by Crippen LogP contribution is -2.40. The smallest absolute Gasteiger partial charge is 0.223 e. The molecule has 2 atom stereocenters. The minimum Gasteiger partial charge on any atom is -0.491 e. The molecule has 0 unspecified atom stereocenters. The van der Waals surface area contributed by atoms with Crippen molar-refractivity contribution in [2.75, 3.05) is 20.3 Å². The van der Waals surface area contributed by atoms with Crippen LogP contribution in [0.3, 0.4) is 0 Å². The van der Waals surface area contributed by atoms with Crippen molar-refractivity contribution in [3.05, 3.63) is 28.3 Å². The maximum atomic E-state index is 12.8. The van der Waals surface area contributed by atoms with E-state index in [1.807, 2.05) is 0 Å². The monoisotopic (exact) mass is 373 g/mol. The molecule has 0 saturated heterocycles. The number of hydrogen-bond donors (Lipinski definition) is 1. The molecule has 1 amide bonds. The average Bonchev–Trinajstić information content (AvgIpc) is 3.17. The van der Waals surface area contributed by atoms with Crippen LogP contribution in [0.25, 0.3) is 0 Å². The molecular weight excluding hydrogens is 338 g/mol. The molecule has 0 spiro atoms. The van der Waals surface area contributed by atoms with Crippen LogP contribution in [0, 0.1) is 25.7 Å². The van der Waals surface area contributed by atoms with E-state index in [0.29, 0.717) is 25.2 Å². The summed E-state index contributed by atoms with van der Waals surface area (Å²) in [6.45, 7) is 7.61. The average molecular weight is 374 g/mol. The van der Waals surface area contributed by atoms with Gasteiger partial charge in [-0.1, -0.05) is 19.8 Å². The van der Waals surface area contributed by atoms with Gasteiger partial charge in [0.2, 0.25) is 5.91 Å². The minimum absolute atomic E-state index is 0.0662. The van der Waals surface area contributed by atoms with Crippen LogP contribution in [0.1, 0.15) is 61.3 Å². The SMILES string of the molecule is COCCOc1cc(C)c2c(c1C)C[C@H]([C@H](C)C(=O)NC1CCCC1)CC2. The van der Waals surface area contributed by atoms with Crippen molar-refractivity contribution >= 4 is 5.91 Å². The Kier molecular flexibility index (Phi) is 6.80. The fourth-order valence-electron chi connectivity index (χ4n) is 4.75. The zero-order chi connectivity index (χ0) is 19.4. The molecular formula is C23H35NO3. The van der Waals surface area contributed by atoms with Crippen LogP contribution < -0.4 is 10.1 Å². The molecule has 27 heavy (non-hydrogen) atoms. The van der Waals surface area contributed by atoms with Gasteiger partial charge >= 0.3 is 0 Å². The Morgan fingerprint density at radius 1 is 1.19 bits per heavy atom. The number of aryl methyl sites for hydroxylation is 1. The Balaban J connectivity index is 1.70. The highest BCUT2D eigenvalue weighted by atomic mass is 16.5. The number of carbonyl (C=O) groups excluding carboxylic acids is 1. The lowest BCUT2D eigenvalue weighted by molar-refractivity contribution is -0.126. The molecule has 1 saturated carbocycles. The van der Waals surface area contributed by atoms with E-state index >= 15 is 0 Å². The number of carbonyl (C=O) groups is 1. The summed E-state index contributed by atoms with van der Waals surface area (Å²) in [6, 6.07) is 2.57. The van der Waals surface area contributed by atoms with Gasteiger partial charge in [-0.15, -0.1) is 0 Å². The van der Waals surface area contributed by atoms with Crippen molar-refractivity contribution in [3.8, 4) is 5.75 Å². The van der Waals surface area contributed by atoms with Crippen molar-refractivity contribution in [2.24, 2.45) is 11.8 Å². The van der Waals surface area contributed by atoms with Crippen molar-refractivity contribution in [1.29, 1.82) is 0 Å². The van der Waals surface area contributed by atoms with Crippen molar-refractivity contribution < 1.29 is 14.3 Å². The molecule has 1 aromatic carbocycles. The number of methoxy groups -OCH3 is 1. The third-order valence-corrected chi connectivity index (χ3v) is 6.61.